The van der Waals surface area contributed by atoms with Crippen LogP contribution in [0.2, 0.25) is 0 Å². The van der Waals surface area contributed by atoms with Gasteiger partial charge in [0.05, 0.1) is 9.79 Å². The predicted octanol–water partition coefficient (Wildman–Crippen LogP) is 5.32. The zero-order valence-electron chi connectivity index (χ0n) is 21.0. The zero-order chi connectivity index (χ0) is 25.4. The minimum atomic E-state index is -4.36. The third-order valence-corrected chi connectivity index (χ3v) is 8.70. The van der Waals surface area contributed by atoms with Crippen LogP contribution in [-0.2, 0) is 40.1 Å². The van der Waals surface area contributed by atoms with Crippen molar-refractivity contribution in [2.45, 2.75) is 48.3 Å². The molecular weight excluding hydrogens is 522 g/mol. The summed E-state index contributed by atoms with van der Waals surface area (Å²) in [5.41, 5.74) is 2.23. The molecule has 4 aromatic rings. The minimum absolute atomic E-state index is 0. The van der Waals surface area contributed by atoms with Crippen LogP contribution in [0.15, 0.2) is 107 Å². The van der Waals surface area contributed by atoms with Gasteiger partial charge in [-0.25, -0.2) is 8.42 Å². The monoisotopic (exact) mass is 548 g/mol. The van der Waals surface area contributed by atoms with Crippen molar-refractivity contribution < 1.29 is 38.1 Å². The molecule has 0 saturated carbocycles. The summed E-state index contributed by atoms with van der Waals surface area (Å²) in [5, 5.41) is 25.6. The minimum Gasteiger partial charge on any atom is -0.872 e. The van der Waals surface area contributed by atoms with Crippen LogP contribution in [-0.4, -0.2) is 8.42 Å². The summed E-state index contributed by atoms with van der Waals surface area (Å²) in [6, 6.07) is 28.0. The number of sulfone groups is 1. The van der Waals surface area contributed by atoms with Crippen molar-refractivity contribution in [1.29, 1.82) is 0 Å². The summed E-state index contributed by atoms with van der Waals surface area (Å²) in [4.78, 5) is -0.767. The largest absolute Gasteiger partial charge is 2.00 e. The third kappa shape index (κ3) is 4.98. The van der Waals surface area contributed by atoms with Crippen LogP contribution in [0.5, 0.6) is 11.5 Å². The maximum Gasteiger partial charge on any atom is 2.00 e. The van der Waals surface area contributed by atoms with Crippen LogP contribution in [0.1, 0.15) is 49.9 Å². The van der Waals surface area contributed by atoms with Gasteiger partial charge >= 0.3 is 19.5 Å². The van der Waals surface area contributed by atoms with Gasteiger partial charge in [-0.3, -0.25) is 0 Å². The van der Waals surface area contributed by atoms with Crippen molar-refractivity contribution >= 4 is 9.84 Å². The Labute approximate surface area is 226 Å². The average molecular weight is 550 g/mol. The molecular formula is C30H28O4SZn. The van der Waals surface area contributed by atoms with Crippen LogP contribution in [0, 0.1) is 0 Å². The first-order valence-electron chi connectivity index (χ1n) is 11.4. The van der Waals surface area contributed by atoms with E-state index >= 15 is 0 Å². The molecule has 0 N–H and O–H groups in total. The summed E-state index contributed by atoms with van der Waals surface area (Å²) < 4.78 is 27.4. The van der Waals surface area contributed by atoms with Gasteiger partial charge in [0, 0.05) is 10.8 Å². The Hall–Kier alpha value is -2.95. The van der Waals surface area contributed by atoms with E-state index in [1.54, 1.807) is 12.1 Å². The van der Waals surface area contributed by atoms with E-state index in [1.807, 2.05) is 88.4 Å². The van der Waals surface area contributed by atoms with Crippen LogP contribution >= 0.6 is 0 Å². The topological polar surface area (TPSA) is 80.3 Å². The molecule has 0 radical (unpaired) electrons. The van der Waals surface area contributed by atoms with Gasteiger partial charge < -0.3 is 10.2 Å². The Morgan fingerprint density at radius 2 is 0.861 bits per heavy atom. The van der Waals surface area contributed by atoms with E-state index in [1.165, 1.54) is 24.3 Å². The molecule has 0 aliphatic heterocycles. The van der Waals surface area contributed by atoms with Crippen molar-refractivity contribution in [3.63, 3.8) is 0 Å². The number of hydrogen-bond acceptors (Lipinski definition) is 4. The van der Waals surface area contributed by atoms with E-state index in [-0.39, 0.29) is 29.3 Å². The molecule has 0 unspecified atom stereocenters. The van der Waals surface area contributed by atoms with Crippen LogP contribution in [0.25, 0.3) is 0 Å². The molecule has 4 rings (SSSR count). The van der Waals surface area contributed by atoms with Crippen molar-refractivity contribution in [2.75, 3.05) is 0 Å². The first-order valence-corrected chi connectivity index (χ1v) is 12.9. The normalized spacial score (nSPS) is 12.1. The average Bonchev–Trinajstić information content (AvgIpc) is 2.85. The summed E-state index contributed by atoms with van der Waals surface area (Å²) in [6.07, 6.45) is 0. The first kappa shape index (κ1) is 27.6. The summed E-state index contributed by atoms with van der Waals surface area (Å²) in [6.45, 7) is 7.89. The van der Waals surface area contributed by atoms with Gasteiger partial charge in [0.1, 0.15) is 0 Å². The van der Waals surface area contributed by atoms with Gasteiger partial charge in [0.25, 0.3) is 0 Å². The molecule has 4 aromatic carbocycles. The number of rotatable bonds is 6. The molecule has 0 bridgehead atoms. The van der Waals surface area contributed by atoms with Gasteiger partial charge in [-0.2, -0.15) is 0 Å². The smallest absolute Gasteiger partial charge is 0.872 e. The van der Waals surface area contributed by atoms with Crippen molar-refractivity contribution in [1.82, 2.24) is 0 Å². The summed E-state index contributed by atoms with van der Waals surface area (Å²) in [7, 11) is -4.36. The van der Waals surface area contributed by atoms with Crippen LogP contribution in [0.3, 0.4) is 0 Å². The molecule has 6 heteroatoms. The second-order valence-corrected chi connectivity index (χ2v) is 11.7. The van der Waals surface area contributed by atoms with E-state index in [0.717, 1.165) is 11.1 Å². The Kier molecular flexibility index (Phi) is 7.83. The molecule has 36 heavy (non-hydrogen) atoms. The van der Waals surface area contributed by atoms with E-state index in [2.05, 4.69) is 0 Å². The fourth-order valence-electron chi connectivity index (χ4n) is 4.38. The summed E-state index contributed by atoms with van der Waals surface area (Å²) >= 11 is 0. The van der Waals surface area contributed by atoms with Crippen molar-refractivity contribution in [3.05, 3.63) is 119 Å². The van der Waals surface area contributed by atoms with E-state index in [4.69, 9.17) is 0 Å². The van der Waals surface area contributed by atoms with Gasteiger partial charge in [0.15, 0.2) is 0 Å². The number of hydrogen-bond donors (Lipinski definition) is 0. The summed E-state index contributed by atoms with van der Waals surface area (Å²) in [5.74, 6) is -1.27. The number of benzene rings is 4. The van der Waals surface area contributed by atoms with Gasteiger partial charge in [0.2, 0.25) is 9.84 Å². The zero-order valence-corrected chi connectivity index (χ0v) is 24.8. The van der Waals surface area contributed by atoms with Crippen LogP contribution in [0.4, 0.5) is 0 Å². The Morgan fingerprint density at radius 1 is 0.528 bits per heavy atom. The van der Waals surface area contributed by atoms with E-state index in [9.17, 15) is 18.6 Å². The van der Waals surface area contributed by atoms with Gasteiger partial charge in [-0.05, 0) is 34.4 Å². The van der Waals surface area contributed by atoms with Gasteiger partial charge in [-0.1, -0.05) is 124 Å². The Balaban J connectivity index is 0.00000361. The molecule has 180 valence electrons. The maximum absolute atomic E-state index is 13.7. The third-order valence-electron chi connectivity index (χ3n) is 6.90. The van der Waals surface area contributed by atoms with E-state index in [0.29, 0.717) is 11.1 Å². The van der Waals surface area contributed by atoms with E-state index < -0.39 is 32.2 Å². The molecule has 0 fully saturated rings. The molecule has 0 spiro atoms. The SMILES string of the molecule is CC(C)(c1ccccc1)c1ccc([O-])c(S(=O)(=O)c2cc(C(C)(C)c3ccccc3)ccc2[O-])c1.[Zn+2]. The molecule has 0 saturated heterocycles. The molecule has 0 heterocycles. The van der Waals surface area contributed by atoms with Crippen molar-refractivity contribution in [3.8, 4) is 11.5 Å². The molecule has 0 aliphatic rings. The van der Waals surface area contributed by atoms with Crippen molar-refractivity contribution in [2.24, 2.45) is 0 Å². The first-order chi connectivity index (χ1) is 16.5. The molecule has 0 aliphatic carbocycles. The molecule has 0 atom stereocenters. The second-order valence-electron chi connectivity index (χ2n) is 9.81. The Morgan fingerprint density at radius 3 is 1.19 bits per heavy atom. The predicted molar refractivity (Wildman–Crippen MR) is 134 cm³/mol. The van der Waals surface area contributed by atoms with Crippen LogP contribution < -0.4 is 10.2 Å². The quantitative estimate of drug-likeness (QED) is 0.305. The second kappa shape index (κ2) is 10.2. The molecule has 0 amide bonds. The standard InChI is InChI=1S/C30H30O4S.Zn/c1-29(2,21-11-7-5-8-12-21)23-15-17-25(31)27(19-23)35(33,34)28-20-24(16-18-26(28)32)30(3,4)22-13-9-6-10-14-22;/h5-20,31-32H,1-4H3;/q;+2/p-2. The molecule has 4 nitrogen and oxygen atoms in total. The molecule has 0 aromatic heterocycles. The fraction of sp³-hybridized carbons (Fsp3) is 0.200. The Bertz CT molecular complexity index is 1350. The van der Waals surface area contributed by atoms with Gasteiger partial charge in [-0.15, -0.1) is 0 Å². The maximum atomic E-state index is 13.7. The fourth-order valence-corrected chi connectivity index (χ4v) is 5.84.